The van der Waals surface area contributed by atoms with Crippen molar-refractivity contribution >= 4 is 0 Å². The molecule has 1 saturated carbocycles. The minimum atomic E-state index is -0.362. The van der Waals surface area contributed by atoms with Crippen molar-refractivity contribution < 1.29 is 28.3 Å². The molecular weight excluding hydrogens is 219 g/mol. The maximum absolute atomic E-state index is 6.17. The predicted octanol–water partition coefficient (Wildman–Crippen LogP) is 1.05. The first-order valence-corrected chi connectivity index (χ1v) is 6.63. The molecule has 0 unspecified atom stereocenters. The Kier molecular flexibility index (Phi) is 3.99. The third-order valence-corrected chi connectivity index (χ3v) is 3.72. The van der Waals surface area contributed by atoms with Gasteiger partial charge in [0, 0.05) is 12.8 Å². The fraction of sp³-hybridized carbons (Fsp3) is 0.600. The van der Waals surface area contributed by atoms with E-state index in [4.69, 9.17) is 9.47 Å². The number of rotatable bonds is 1. The molecule has 0 atom stereocenters. The van der Waals surface area contributed by atoms with Crippen LogP contribution < -0.4 is 28.3 Å². The molecule has 1 aromatic carbocycles. The van der Waals surface area contributed by atoms with Gasteiger partial charge in [0.2, 0.25) is 5.79 Å². The van der Waals surface area contributed by atoms with E-state index < -0.39 is 0 Å². The van der Waals surface area contributed by atoms with Gasteiger partial charge in [-0.25, -0.2) is 0 Å². The van der Waals surface area contributed by atoms with Crippen molar-refractivity contribution in [3.8, 4) is 11.5 Å². The second-order valence-corrected chi connectivity index (χ2v) is 5.41. The molecule has 3 heteroatoms. The van der Waals surface area contributed by atoms with Gasteiger partial charge in [0.15, 0.2) is 0 Å². The molecule has 1 spiro atoms. The van der Waals surface area contributed by atoms with Crippen LogP contribution in [0.25, 0.3) is 0 Å². The quantitative estimate of drug-likeness (QED) is 0.538. The molecule has 3 rings (SSSR count). The number of ether oxygens (including phenoxy) is 2. The number of hydrogen-bond donors (Lipinski definition) is 0. The van der Waals surface area contributed by atoms with Crippen LogP contribution in [0.2, 0.25) is 0 Å². The van der Waals surface area contributed by atoms with Gasteiger partial charge in [-0.05, 0) is 18.8 Å². The van der Waals surface area contributed by atoms with Crippen LogP contribution in [-0.2, 0) is 0 Å². The molecule has 0 aromatic heterocycles. The minimum absolute atomic E-state index is 0. The molecule has 18 heavy (non-hydrogen) atoms. The van der Waals surface area contributed by atoms with Crippen LogP contribution in [0.15, 0.2) is 12.1 Å². The van der Waals surface area contributed by atoms with E-state index >= 15 is 0 Å². The van der Waals surface area contributed by atoms with E-state index in [1.807, 2.05) is 12.1 Å². The van der Waals surface area contributed by atoms with Crippen LogP contribution in [0, 0.1) is 6.07 Å². The molecule has 1 fully saturated rings. The molecule has 1 aliphatic heterocycles. The summed E-state index contributed by atoms with van der Waals surface area (Å²) in [7, 11) is 0. The average molecular weight is 238 g/mol. The summed E-state index contributed by atoms with van der Waals surface area (Å²) in [4.78, 5) is 0. The smallest absolute Gasteiger partial charge is 0.511 e. The zero-order chi connectivity index (χ0) is 11.9. The van der Waals surface area contributed by atoms with E-state index in [1.54, 1.807) is 0 Å². The molecule has 0 amide bonds. The maximum atomic E-state index is 6.17. The molecule has 0 bridgehead atoms. The fourth-order valence-electron chi connectivity index (χ4n) is 2.80. The molecular formula is C15H19LiO2. The van der Waals surface area contributed by atoms with E-state index in [1.165, 1.54) is 19.3 Å². The molecule has 1 aliphatic carbocycles. The Morgan fingerprint density at radius 1 is 1.17 bits per heavy atom. The second kappa shape index (κ2) is 5.19. The van der Waals surface area contributed by atoms with Crippen LogP contribution >= 0.6 is 0 Å². The Labute approximate surface area is 121 Å². The largest absolute Gasteiger partial charge is 1.00 e. The molecule has 0 saturated heterocycles. The van der Waals surface area contributed by atoms with E-state index in [0.29, 0.717) is 5.92 Å². The van der Waals surface area contributed by atoms with Gasteiger partial charge in [-0.3, -0.25) is 0 Å². The summed E-state index contributed by atoms with van der Waals surface area (Å²) in [6.45, 7) is 4.34. The van der Waals surface area contributed by atoms with Gasteiger partial charge in [-0.2, -0.15) is 12.1 Å². The average Bonchev–Trinajstić information content (AvgIpc) is 2.66. The van der Waals surface area contributed by atoms with Crippen LogP contribution in [0.4, 0.5) is 0 Å². The van der Waals surface area contributed by atoms with Gasteiger partial charge in [-0.15, -0.1) is 11.6 Å². The minimum Gasteiger partial charge on any atom is -0.511 e. The van der Waals surface area contributed by atoms with Crippen LogP contribution in [0.3, 0.4) is 0 Å². The molecule has 0 N–H and O–H groups in total. The summed E-state index contributed by atoms with van der Waals surface area (Å²) in [5.41, 5.74) is 1.14. The van der Waals surface area contributed by atoms with Crippen molar-refractivity contribution in [2.24, 2.45) is 0 Å². The SMILES string of the molecule is CC(C)c1[c-]ccc2c1OC1(CCCCC1)O2.[Li+]. The monoisotopic (exact) mass is 238 g/mol. The van der Waals surface area contributed by atoms with Gasteiger partial charge in [-0.1, -0.05) is 20.3 Å². The molecule has 2 aliphatic rings. The summed E-state index contributed by atoms with van der Waals surface area (Å²) in [5, 5.41) is 0. The summed E-state index contributed by atoms with van der Waals surface area (Å²) in [6, 6.07) is 7.21. The first kappa shape index (κ1) is 13.8. The molecule has 1 heterocycles. The molecule has 2 nitrogen and oxygen atoms in total. The van der Waals surface area contributed by atoms with Gasteiger partial charge < -0.3 is 9.47 Å². The van der Waals surface area contributed by atoms with Crippen molar-refractivity contribution in [2.45, 2.75) is 57.7 Å². The summed E-state index contributed by atoms with van der Waals surface area (Å²) >= 11 is 0. The van der Waals surface area contributed by atoms with Gasteiger partial charge in [0.05, 0.1) is 11.5 Å². The topological polar surface area (TPSA) is 18.5 Å². The zero-order valence-electron chi connectivity index (χ0n) is 11.6. The molecule has 1 aromatic rings. The van der Waals surface area contributed by atoms with Crippen LogP contribution in [0.1, 0.15) is 57.4 Å². The summed E-state index contributed by atoms with van der Waals surface area (Å²) < 4.78 is 12.3. The Balaban J connectivity index is 0.00000120. The Bertz CT molecular complexity index is 423. The zero-order valence-corrected chi connectivity index (χ0v) is 11.6. The van der Waals surface area contributed by atoms with Gasteiger partial charge >= 0.3 is 18.9 Å². The normalized spacial score (nSPS) is 19.9. The van der Waals surface area contributed by atoms with Crippen molar-refractivity contribution in [2.75, 3.05) is 0 Å². The second-order valence-electron chi connectivity index (χ2n) is 5.41. The number of benzene rings is 1. The third kappa shape index (κ3) is 2.29. The number of hydrogen-bond acceptors (Lipinski definition) is 2. The summed E-state index contributed by atoms with van der Waals surface area (Å²) in [5.74, 6) is 1.91. The Morgan fingerprint density at radius 2 is 1.89 bits per heavy atom. The third-order valence-electron chi connectivity index (χ3n) is 3.72. The van der Waals surface area contributed by atoms with Gasteiger partial charge in [0.25, 0.3) is 0 Å². The first-order chi connectivity index (χ1) is 8.20. The summed E-state index contributed by atoms with van der Waals surface area (Å²) in [6.07, 6.45) is 5.73. The van der Waals surface area contributed by atoms with Gasteiger partial charge in [0.1, 0.15) is 0 Å². The number of fused-ring (bicyclic) bond motifs is 1. The van der Waals surface area contributed by atoms with Crippen molar-refractivity contribution in [3.63, 3.8) is 0 Å². The Morgan fingerprint density at radius 3 is 2.56 bits per heavy atom. The Hall–Kier alpha value is -0.583. The van der Waals surface area contributed by atoms with Crippen molar-refractivity contribution in [1.29, 1.82) is 0 Å². The van der Waals surface area contributed by atoms with Crippen LogP contribution in [0.5, 0.6) is 11.5 Å². The van der Waals surface area contributed by atoms with E-state index in [0.717, 1.165) is 29.9 Å². The first-order valence-electron chi connectivity index (χ1n) is 6.63. The molecule has 92 valence electrons. The van der Waals surface area contributed by atoms with E-state index in [2.05, 4.69) is 19.9 Å². The van der Waals surface area contributed by atoms with E-state index in [-0.39, 0.29) is 24.6 Å². The molecule has 0 radical (unpaired) electrons. The predicted molar refractivity (Wildman–Crippen MR) is 66.4 cm³/mol. The van der Waals surface area contributed by atoms with Crippen molar-refractivity contribution in [1.82, 2.24) is 0 Å². The van der Waals surface area contributed by atoms with Crippen LogP contribution in [-0.4, -0.2) is 5.79 Å². The van der Waals surface area contributed by atoms with E-state index in [9.17, 15) is 0 Å². The van der Waals surface area contributed by atoms with Crippen molar-refractivity contribution in [3.05, 3.63) is 23.8 Å². The standard InChI is InChI=1S/C15H19O2.Li/c1-11(2)12-7-6-8-13-14(12)17-15(16-13)9-4-3-5-10-15;/h6,8,11H,3-5,9-10H2,1-2H3;/q-1;+1. The maximum Gasteiger partial charge on any atom is 1.00 e. The fourth-order valence-corrected chi connectivity index (χ4v) is 2.80.